The molecular weight excluding hydrogens is 895 g/mol. The van der Waals surface area contributed by atoms with Crippen LogP contribution in [0.5, 0.6) is 0 Å². The highest BCUT2D eigenvalue weighted by Crippen LogP contribution is 2.41. The second-order valence-corrected chi connectivity index (χ2v) is 12.2. The Morgan fingerprint density at radius 3 is 0.424 bits per heavy atom. The molecule has 0 amide bonds. The lowest BCUT2D eigenvalue weighted by molar-refractivity contribution is -0.144. The van der Waals surface area contributed by atoms with Gasteiger partial charge in [0.15, 0.2) is 5.87 Å². The third kappa shape index (κ3) is 10.6. The van der Waals surface area contributed by atoms with Crippen LogP contribution in [0.4, 0.5) is 105 Å². The van der Waals surface area contributed by atoms with Gasteiger partial charge in [-0.15, -0.1) is 0 Å². The van der Waals surface area contributed by atoms with E-state index in [4.69, 9.17) is 0 Å². The highest BCUT2D eigenvalue weighted by atomic mass is 32.1. The van der Waals surface area contributed by atoms with Crippen LogP contribution in [0, 0.1) is 0 Å². The van der Waals surface area contributed by atoms with E-state index in [-0.39, 0.29) is 0 Å². The van der Waals surface area contributed by atoms with Gasteiger partial charge in [-0.3, -0.25) is 0 Å². The molecule has 0 fully saturated rings. The quantitative estimate of drug-likeness (QED) is 0.0629. The molecule has 0 aliphatic heterocycles. The van der Waals surface area contributed by atoms with Gasteiger partial charge in [0.25, 0.3) is 0 Å². The molecule has 4 aromatic rings. The van der Waals surface area contributed by atoms with E-state index in [1.54, 1.807) is 0 Å². The minimum absolute atomic E-state index is 0.691. The van der Waals surface area contributed by atoms with Crippen LogP contribution in [0.3, 0.4) is 0 Å². The van der Waals surface area contributed by atoms with Gasteiger partial charge in [-0.25, -0.2) is 0 Å². The summed E-state index contributed by atoms with van der Waals surface area (Å²) in [7, 11) is 0. The molecule has 324 valence electrons. The molecule has 4 rings (SSSR count). The van der Waals surface area contributed by atoms with E-state index in [0.717, 1.165) is 0 Å². The molecule has 0 radical (unpaired) electrons. The first kappa shape index (κ1) is 48.7. The fourth-order valence-electron chi connectivity index (χ4n) is 6.07. The number of benzene rings is 4. The SMILES string of the molecule is C=[SH+].FC(F)(F)c1cc([B-](c2cc(C(F)(F)F)cc(C(F)(F)F)c2)(c2cc(C(F)(F)F)cc(C(F)(F)F)c2)c2cc(C(F)(F)F)cc(C(F)(F)F)c2)cc(C(F)(F)F)c1. The van der Waals surface area contributed by atoms with Crippen molar-refractivity contribution in [3.05, 3.63) is 117 Å². The van der Waals surface area contributed by atoms with Crippen LogP contribution in [-0.4, -0.2) is 12.0 Å². The summed E-state index contributed by atoms with van der Waals surface area (Å²) in [6, 6.07) is -8.81. The van der Waals surface area contributed by atoms with Crippen molar-refractivity contribution >= 4 is 46.1 Å². The summed E-state index contributed by atoms with van der Waals surface area (Å²) in [5.41, 5.74) is -30.2. The van der Waals surface area contributed by atoms with Crippen LogP contribution < -0.4 is 21.9 Å². The van der Waals surface area contributed by atoms with Crippen LogP contribution in [0.25, 0.3) is 0 Å². The van der Waals surface area contributed by atoms with Crippen LogP contribution in [0.15, 0.2) is 72.8 Å². The lowest BCUT2D eigenvalue weighted by Gasteiger charge is -2.46. The minimum Gasteiger partial charge on any atom is -0.194 e. The smallest absolute Gasteiger partial charge is 0.194 e. The Balaban J connectivity index is 0.00000458. The summed E-state index contributed by atoms with van der Waals surface area (Å²) in [5.74, 6) is 2.94. The van der Waals surface area contributed by atoms with Gasteiger partial charge in [0, 0.05) is 0 Å². The second-order valence-electron chi connectivity index (χ2n) is 12.2. The standard InChI is InChI=1S/C32H12BF24.CH2S/c34-25(35,36)13-1-14(26(37,38)39)6-21(5-13)33(22-7-15(27(40,41)42)2-16(8-22)28(43,44)45,23-9-17(29(46,47)48)3-18(10-23)30(49,50)51)24-11-19(31(52,53)54)4-20(12-24)32(55,56)57;1-2/h1-12H;1H2/q-1;/p+1. The number of rotatable bonds is 4. The van der Waals surface area contributed by atoms with Crippen molar-refractivity contribution in [2.75, 3.05) is 0 Å². The van der Waals surface area contributed by atoms with Crippen LogP contribution in [0.2, 0.25) is 0 Å². The summed E-state index contributed by atoms with van der Waals surface area (Å²) in [4.78, 5) is 0. The molecule has 0 N–H and O–H groups in total. The lowest BCUT2D eigenvalue weighted by atomic mass is 9.12. The summed E-state index contributed by atoms with van der Waals surface area (Å²) < 4.78 is 341. The number of hydrogen-bond acceptors (Lipinski definition) is 0. The molecule has 0 aromatic heterocycles. The van der Waals surface area contributed by atoms with Crippen molar-refractivity contribution in [3.63, 3.8) is 0 Å². The summed E-state index contributed by atoms with van der Waals surface area (Å²) in [6.07, 6.45) is -54.8. The van der Waals surface area contributed by atoms with Crippen molar-refractivity contribution < 1.29 is 105 Å². The first-order chi connectivity index (χ1) is 26.3. The van der Waals surface area contributed by atoms with Gasteiger partial charge in [0.05, 0.1) is 44.5 Å². The van der Waals surface area contributed by atoms with Gasteiger partial charge < -0.3 is 0 Å². The molecule has 0 spiro atoms. The van der Waals surface area contributed by atoms with E-state index in [2.05, 4.69) is 18.1 Å². The Bertz CT molecular complexity index is 1720. The molecule has 4 aromatic carbocycles. The minimum atomic E-state index is -6.13. The van der Waals surface area contributed by atoms with Crippen molar-refractivity contribution in [2.45, 2.75) is 49.4 Å². The highest BCUT2D eigenvalue weighted by Gasteiger charge is 2.47. The maximum atomic E-state index is 14.2. The van der Waals surface area contributed by atoms with Gasteiger partial charge in [-0.05, 0) is 24.3 Å². The molecule has 0 saturated carbocycles. The fraction of sp³-hybridized carbons (Fsp3) is 0.242. The third-order valence-corrected chi connectivity index (χ3v) is 8.44. The van der Waals surface area contributed by atoms with Gasteiger partial charge in [-0.2, -0.15) is 127 Å². The Kier molecular flexibility index (Phi) is 12.7. The number of thiol groups is 1. The Morgan fingerprint density at radius 2 is 0.339 bits per heavy atom. The lowest BCUT2D eigenvalue weighted by Crippen LogP contribution is -2.75. The zero-order valence-electron chi connectivity index (χ0n) is 27.7. The van der Waals surface area contributed by atoms with Crippen molar-refractivity contribution in [1.82, 2.24) is 0 Å². The van der Waals surface area contributed by atoms with Crippen molar-refractivity contribution in [1.29, 1.82) is 0 Å². The first-order valence-corrected chi connectivity index (χ1v) is 15.6. The molecular formula is C33H15BF24S. The Morgan fingerprint density at radius 1 is 0.237 bits per heavy atom. The number of hydrogen-bond donors (Lipinski definition) is 0. The van der Waals surface area contributed by atoms with Gasteiger partial charge in [0.1, 0.15) is 18.4 Å². The molecule has 0 heterocycles. The molecule has 59 heavy (non-hydrogen) atoms. The van der Waals surface area contributed by atoms with Gasteiger partial charge >= 0.3 is 49.4 Å². The number of halogens is 24. The highest BCUT2D eigenvalue weighted by molar-refractivity contribution is 7.56. The zero-order chi connectivity index (χ0) is 45.9. The van der Waals surface area contributed by atoms with Gasteiger partial charge in [0.2, 0.25) is 0 Å². The average Bonchev–Trinajstić information content (AvgIpc) is 3.06. The van der Waals surface area contributed by atoms with E-state index in [0.29, 0.717) is 0 Å². The summed E-state index contributed by atoms with van der Waals surface area (Å²) >= 11 is 3.28. The topological polar surface area (TPSA) is 0 Å². The first-order valence-electron chi connectivity index (χ1n) is 14.9. The van der Waals surface area contributed by atoms with Crippen molar-refractivity contribution in [2.24, 2.45) is 0 Å². The monoisotopic (exact) mass is 910 g/mol. The van der Waals surface area contributed by atoms with Crippen LogP contribution in [-0.2, 0) is 61.6 Å². The Hall–Kier alpha value is -4.65. The number of alkyl halides is 24. The maximum absolute atomic E-state index is 14.2. The van der Waals surface area contributed by atoms with Crippen LogP contribution in [0.1, 0.15) is 44.5 Å². The molecule has 0 bridgehead atoms. The predicted molar refractivity (Wildman–Crippen MR) is 166 cm³/mol. The molecule has 0 aliphatic rings. The molecule has 0 unspecified atom stereocenters. The van der Waals surface area contributed by atoms with E-state index >= 15 is 0 Å². The van der Waals surface area contributed by atoms with E-state index in [9.17, 15) is 105 Å². The molecule has 26 heteroatoms. The maximum Gasteiger partial charge on any atom is 0.416 e. The van der Waals surface area contributed by atoms with Crippen molar-refractivity contribution in [3.8, 4) is 0 Å². The normalized spacial score (nSPS) is 13.9. The Labute approximate surface area is 318 Å². The molecule has 0 aliphatic carbocycles. The largest absolute Gasteiger partial charge is 0.416 e. The average molecular weight is 910 g/mol. The molecule has 0 atom stereocenters. The van der Waals surface area contributed by atoms with Gasteiger partial charge in [-0.1, -0.05) is 48.5 Å². The molecule has 0 saturated heterocycles. The van der Waals surface area contributed by atoms with Crippen LogP contribution >= 0.6 is 0 Å². The predicted octanol–water partition coefficient (Wildman–Crippen LogP) is 10.9. The van der Waals surface area contributed by atoms with E-state index in [1.165, 1.54) is 0 Å². The third-order valence-electron chi connectivity index (χ3n) is 8.44. The molecule has 0 nitrogen and oxygen atoms in total. The summed E-state index contributed by atoms with van der Waals surface area (Å²) in [5, 5.41) is 0. The second kappa shape index (κ2) is 15.4. The fourth-order valence-corrected chi connectivity index (χ4v) is 6.07. The zero-order valence-corrected chi connectivity index (χ0v) is 28.6. The van der Waals surface area contributed by atoms with E-state index < -0.39 is 195 Å². The summed E-state index contributed by atoms with van der Waals surface area (Å²) in [6.45, 7) is 0. The van der Waals surface area contributed by atoms with E-state index in [1.807, 2.05) is 0 Å².